The van der Waals surface area contributed by atoms with Gasteiger partial charge in [-0.3, -0.25) is 19.8 Å². The molecule has 364 valence electrons. The smallest absolute Gasteiger partial charge is 0.297 e. The van der Waals surface area contributed by atoms with E-state index in [1.54, 1.807) is 19.1 Å². The molecule has 15 nitrogen and oxygen atoms in total. The molecule has 10 rings (SSSR count). The largest absolute Gasteiger partial charge is 0.489 e. The fraction of sp³-hybridized carbons (Fsp3) is 0.462. The summed E-state index contributed by atoms with van der Waals surface area (Å²) in [4.78, 5) is 37.6. The molecule has 17 heteroatoms. The lowest BCUT2D eigenvalue weighted by molar-refractivity contribution is -0.384. The summed E-state index contributed by atoms with van der Waals surface area (Å²) in [6, 6.07) is 17.6. The van der Waals surface area contributed by atoms with Crippen LogP contribution in [-0.4, -0.2) is 89.7 Å². The number of nitro groups is 1. The number of carbonyl (C=O) groups excluding carboxylic acids is 1. The van der Waals surface area contributed by atoms with Crippen molar-refractivity contribution < 1.29 is 37.1 Å². The van der Waals surface area contributed by atoms with Crippen molar-refractivity contribution >= 4 is 50.1 Å². The summed E-state index contributed by atoms with van der Waals surface area (Å²) in [5.74, 6) is -0.471. The molecule has 5 aromatic rings. The van der Waals surface area contributed by atoms with Crippen molar-refractivity contribution in [1.82, 2.24) is 19.6 Å². The summed E-state index contributed by atoms with van der Waals surface area (Å²) >= 11 is 0. The van der Waals surface area contributed by atoms with E-state index in [-0.39, 0.29) is 69.2 Å². The monoisotopic (exact) mass is 961 g/mol. The standard InChI is InChI=1S/C52H60FN7O8S/c1-5-41-46(26-39-40(53)27-54-49(39)56-41)68-45-23-33(58-21-19-52(20-22-58)29-59(30-52)43-12-8-11-37(43)36-10-7-6-9-35(36)31(2)3)13-14-38(45)50(61)57-69(65,66)34-24-44(60(63)64)48-47(25-34)67-28-42(55-48)32-15-17-51(4,62)18-16-32/h5-7,9-10,13-14,23-27,31-32,37,42-43,55,62H,1,8,11-12,15-22,28-30H2,2-4H3,(H,54,56)(H,57,61)/t32-,37-,42+,43-,51-/m0/s1. The molecule has 3 aliphatic heterocycles. The highest BCUT2D eigenvalue weighted by Crippen LogP contribution is 2.49. The van der Waals surface area contributed by atoms with Gasteiger partial charge in [0.2, 0.25) is 0 Å². The van der Waals surface area contributed by atoms with Gasteiger partial charge in [0.25, 0.3) is 21.6 Å². The second-order valence-corrected chi connectivity index (χ2v) is 22.3. The lowest BCUT2D eigenvalue weighted by Crippen LogP contribution is -2.63. The van der Waals surface area contributed by atoms with Gasteiger partial charge < -0.3 is 29.8 Å². The van der Waals surface area contributed by atoms with Crippen LogP contribution in [0.4, 0.5) is 21.5 Å². The summed E-state index contributed by atoms with van der Waals surface area (Å²) in [5, 5.41) is 26.3. The van der Waals surface area contributed by atoms with Gasteiger partial charge in [-0.25, -0.2) is 22.5 Å². The van der Waals surface area contributed by atoms with Crippen LogP contribution >= 0.6 is 0 Å². The first kappa shape index (κ1) is 46.7. The molecule has 0 unspecified atom stereocenters. The first-order valence-corrected chi connectivity index (χ1v) is 25.7. The number of fused-ring (bicyclic) bond motifs is 2. The number of nitrogens with one attached hydrogen (secondary N) is 3. The first-order chi connectivity index (χ1) is 33.0. The lowest BCUT2D eigenvalue weighted by Gasteiger charge is -2.57. The number of anilines is 2. The van der Waals surface area contributed by atoms with E-state index in [4.69, 9.17) is 9.47 Å². The number of aromatic amines is 1. The number of nitrogens with zero attached hydrogens (tertiary/aromatic N) is 4. The average Bonchev–Trinajstić information content (AvgIpc) is 3.96. The first-order valence-electron chi connectivity index (χ1n) is 24.2. The molecule has 2 aromatic heterocycles. The third-order valence-electron chi connectivity index (χ3n) is 15.7. The SMILES string of the molecule is C=Cc1nc2[nH]cc(F)c2cc1Oc1cc(N2CCC3(CC2)CN([C@H]2CCC[C@H]2c2ccccc2C(C)C)C3)ccc1C(=O)NS(=O)(=O)c1cc2c(c([N+](=O)[O-])c1)N[C@@H]([C@H]1CC[C@](C)(O)CC1)CO2. The van der Waals surface area contributed by atoms with Crippen LogP contribution in [0.1, 0.15) is 118 Å². The Morgan fingerprint density at radius 2 is 1.81 bits per heavy atom. The van der Waals surface area contributed by atoms with E-state index in [1.807, 2.05) is 0 Å². The molecule has 69 heavy (non-hydrogen) atoms. The number of hydrogen-bond donors (Lipinski definition) is 4. The predicted octanol–water partition coefficient (Wildman–Crippen LogP) is 9.64. The number of carbonyl (C=O) groups is 1. The minimum Gasteiger partial charge on any atom is -0.489 e. The molecule has 0 bridgehead atoms. The number of aromatic nitrogens is 2. The second-order valence-electron chi connectivity index (χ2n) is 20.6. The van der Waals surface area contributed by atoms with Crippen molar-refractivity contribution in [3.05, 3.63) is 112 Å². The van der Waals surface area contributed by atoms with Crippen LogP contribution in [0.15, 0.2) is 78.3 Å². The van der Waals surface area contributed by atoms with E-state index in [2.05, 4.69) is 74.5 Å². The molecule has 5 aliphatic rings. The van der Waals surface area contributed by atoms with Crippen molar-refractivity contribution in [3.63, 3.8) is 0 Å². The average molecular weight is 962 g/mol. The van der Waals surface area contributed by atoms with E-state index in [9.17, 15) is 32.8 Å². The van der Waals surface area contributed by atoms with Crippen molar-refractivity contribution in [2.24, 2.45) is 11.3 Å². The quantitative estimate of drug-likeness (QED) is 0.0685. The van der Waals surface area contributed by atoms with Gasteiger partial charge in [0.05, 0.1) is 32.4 Å². The van der Waals surface area contributed by atoms with Gasteiger partial charge in [-0.2, -0.15) is 0 Å². The molecule has 2 saturated carbocycles. The molecule has 2 aliphatic carbocycles. The van der Waals surface area contributed by atoms with Crippen molar-refractivity contribution in [2.45, 2.75) is 113 Å². The Morgan fingerprint density at radius 3 is 2.54 bits per heavy atom. The summed E-state index contributed by atoms with van der Waals surface area (Å²) < 4.78 is 57.5. The van der Waals surface area contributed by atoms with Crippen LogP contribution in [0.5, 0.6) is 17.2 Å². The van der Waals surface area contributed by atoms with E-state index in [0.29, 0.717) is 43.6 Å². The summed E-state index contributed by atoms with van der Waals surface area (Å²) in [7, 11) is -4.74. The summed E-state index contributed by atoms with van der Waals surface area (Å²) in [6.45, 7) is 14.0. The Balaban J connectivity index is 0.884. The van der Waals surface area contributed by atoms with E-state index >= 15 is 0 Å². The Bertz CT molecular complexity index is 2930. The maximum atomic E-state index is 14.9. The Hall–Kier alpha value is -6.04. The van der Waals surface area contributed by atoms with Crippen molar-refractivity contribution in [3.8, 4) is 17.2 Å². The zero-order valence-corrected chi connectivity index (χ0v) is 40.1. The van der Waals surface area contributed by atoms with Crippen LogP contribution in [0.25, 0.3) is 17.1 Å². The third-order valence-corrected chi connectivity index (χ3v) is 17.0. The molecule has 3 aromatic carbocycles. The zero-order valence-electron chi connectivity index (χ0n) is 39.3. The number of amides is 1. The highest BCUT2D eigenvalue weighted by atomic mass is 32.2. The second kappa shape index (κ2) is 18.0. The number of H-pyrrole nitrogens is 1. The maximum absolute atomic E-state index is 14.9. The Labute approximate surface area is 401 Å². The van der Waals surface area contributed by atoms with Crippen molar-refractivity contribution in [2.75, 3.05) is 43.0 Å². The number of ether oxygens (including phenoxy) is 2. The lowest BCUT2D eigenvalue weighted by atomic mass is 9.70. The summed E-state index contributed by atoms with van der Waals surface area (Å²) in [5.41, 5.74) is 3.06. The number of aliphatic hydroxyl groups is 1. The molecular formula is C52H60FN7O8S. The third kappa shape index (κ3) is 9.04. The predicted molar refractivity (Wildman–Crippen MR) is 262 cm³/mol. The highest BCUT2D eigenvalue weighted by Gasteiger charge is 2.49. The maximum Gasteiger partial charge on any atom is 0.297 e. The number of sulfonamides is 1. The molecule has 1 amide bonds. The molecule has 1 spiro atoms. The Kier molecular flexibility index (Phi) is 12.2. The van der Waals surface area contributed by atoms with Crippen LogP contribution < -0.4 is 24.4 Å². The van der Waals surface area contributed by atoms with Gasteiger partial charge in [0.15, 0.2) is 17.2 Å². The molecule has 4 N–H and O–H groups in total. The number of rotatable bonds is 12. The number of likely N-dealkylation sites (tertiary alicyclic amines) is 1. The Morgan fingerprint density at radius 1 is 1.06 bits per heavy atom. The number of hydrogen-bond acceptors (Lipinski definition) is 12. The van der Waals surface area contributed by atoms with Gasteiger partial charge in [-0.1, -0.05) is 51.1 Å². The van der Waals surface area contributed by atoms with E-state index < -0.39 is 42.9 Å². The number of benzene rings is 3. The van der Waals surface area contributed by atoms with E-state index in [0.717, 1.165) is 50.8 Å². The van der Waals surface area contributed by atoms with Gasteiger partial charge in [-0.15, -0.1) is 0 Å². The number of piperidine rings is 1. The minimum absolute atomic E-state index is 0.0105. The van der Waals surface area contributed by atoms with E-state index in [1.165, 1.54) is 60.9 Å². The van der Waals surface area contributed by atoms with Gasteiger partial charge >= 0.3 is 0 Å². The molecule has 2 saturated heterocycles. The number of nitro benzene ring substituents is 1. The molecule has 4 fully saturated rings. The molecular weight excluding hydrogens is 902 g/mol. The summed E-state index contributed by atoms with van der Waals surface area (Å²) in [6.07, 6.45) is 10.8. The van der Waals surface area contributed by atoms with Gasteiger partial charge in [0, 0.05) is 62.3 Å². The van der Waals surface area contributed by atoms with Gasteiger partial charge in [-0.05, 0) is 117 Å². The molecule has 0 radical (unpaired) electrons. The van der Waals surface area contributed by atoms with Crippen LogP contribution in [0, 0.1) is 27.3 Å². The zero-order chi connectivity index (χ0) is 48.4. The highest BCUT2D eigenvalue weighted by molar-refractivity contribution is 7.90. The fourth-order valence-corrected chi connectivity index (χ4v) is 12.8. The number of halogens is 1. The topological polar surface area (TPSA) is 192 Å². The van der Waals surface area contributed by atoms with Gasteiger partial charge in [0.1, 0.15) is 29.5 Å². The van der Waals surface area contributed by atoms with Crippen LogP contribution in [0.2, 0.25) is 0 Å². The molecule has 5 heterocycles. The minimum atomic E-state index is -4.74. The fourth-order valence-electron chi connectivity index (χ4n) is 11.8. The normalized spacial score (nSPS) is 24.6. The van der Waals surface area contributed by atoms with Crippen molar-refractivity contribution in [1.29, 1.82) is 0 Å². The van der Waals surface area contributed by atoms with Crippen LogP contribution in [-0.2, 0) is 10.0 Å². The number of pyridine rings is 1. The molecule has 3 atom stereocenters. The van der Waals surface area contributed by atoms with Crippen LogP contribution in [0.3, 0.4) is 0 Å².